The molecule has 1 aromatic rings. The summed E-state index contributed by atoms with van der Waals surface area (Å²) in [6, 6.07) is 9.03. The molecule has 0 bridgehead atoms. The number of nitrogens with zero attached hydrogens (tertiary/aromatic N) is 3. The second-order valence-corrected chi connectivity index (χ2v) is 4.44. The van der Waals surface area contributed by atoms with Crippen molar-refractivity contribution in [3.05, 3.63) is 51.4 Å². The van der Waals surface area contributed by atoms with Crippen LogP contribution in [-0.2, 0) is 9.47 Å². The Morgan fingerprint density at radius 1 is 1.28 bits per heavy atom. The van der Waals surface area contributed by atoms with Crippen LogP contribution in [-0.4, -0.2) is 25.0 Å². The van der Waals surface area contributed by atoms with Crippen LogP contribution in [0.3, 0.4) is 0 Å². The van der Waals surface area contributed by atoms with Gasteiger partial charge >= 0.3 is 0 Å². The van der Waals surface area contributed by atoms with E-state index in [1.807, 2.05) is 30.3 Å². The van der Waals surface area contributed by atoms with Gasteiger partial charge in [-0.3, -0.25) is 0 Å². The first kappa shape index (κ1) is 11.6. The van der Waals surface area contributed by atoms with Crippen molar-refractivity contribution in [3.63, 3.8) is 0 Å². The Bertz CT molecular complexity index is 546. The minimum atomic E-state index is -1.06. The predicted octanol–water partition coefficient (Wildman–Crippen LogP) is 3.07. The van der Waals surface area contributed by atoms with Gasteiger partial charge in [0.2, 0.25) is 5.79 Å². The number of halogens is 1. The fourth-order valence-electron chi connectivity index (χ4n) is 2.34. The molecule has 3 rings (SSSR count). The van der Waals surface area contributed by atoms with Crippen molar-refractivity contribution >= 4 is 17.2 Å². The smallest absolute Gasteiger partial charge is 0.219 e. The van der Waals surface area contributed by atoms with Gasteiger partial charge in [0.05, 0.1) is 18.2 Å². The molecule has 0 N–H and O–H groups in total. The Balaban J connectivity index is 2.08. The maximum Gasteiger partial charge on any atom is 0.219 e. The minimum Gasteiger partial charge on any atom is -0.342 e. The van der Waals surface area contributed by atoms with Crippen LogP contribution in [0.25, 0.3) is 16.0 Å². The molecule has 1 fully saturated rings. The number of hydrogen-bond donors (Lipinski definition) is 0. The second kappa shape index (κ2) is 4.30. The minimum absolute atomic E-state index is 0.454. The molecule has 1 saturated heterocycles. The predicted molar refractivity (Wildman–Crippen MR) is 66.8 cm³/mol. The summed E-state index contributed by atoms with van der Waals surface area (Å²) in [4.78, 5) is 2.86. The van der Waals surface area contributed by atoms with Gasteiger partial charge in [-0.1, -0.05) is 47.0 Å². The fourth-order valence-corrected chi connectivity index (χ4v) is 2.77. The van der Waals surface area contributed by atoms with E-state index in [1.54, 1.807) is 0 Å². The van der Waals surface area contributed by atoms with Gasteiger partial charge < -0.3 is 9.47 Å². The molecule has 1 aliphatic carbocycles. The average Bonchev–Trinajstić information content (AvgIpc) is 2.91. The highest BCUT2D eigenvalue weighted by Gasteiger charge is 2.58. The first-order valence-corrected chi connectivity index (χ1v) is 5.95. The average molecular weight is 264 g/mol. The molecule has 1 unspecified atom stereocenters. The zero-order valence-electron chi connectivity index (χ0n) is 9.41. The summed E-state index contributed by atoms with van der Waals surface area (Å²) in [6.45, 7) is 0.908. The van der Waals surface area contributed by atoms with Gasteiger partial charge in [0.15, 0.2) is 0 Å². The summed E-state index contributed by atoms with van der Waals surface area (Å²) < 4.78 is 11.1. The highest BCUT2D eigenvalue weighted by molar-refractivity contribution is 6.36. The van der Waals surface area contributed by atoms with Crippen LogP contribution < -0.4 is 0 Å². The number of hydrogen-bond acceptors (Lipinski definition) is 3. The van der Waals surface area contributed by atoms with Gasteiger partial charge in [0.1, 0.15) is 6.04 Å². The van der Waals surface area contributed by atoms with Crippen molar-refractivity contribution < 1.29 is 9.47 Å². The topological polar surface area (TPSA) is 67.2 Å². The molecule has 2 aliphatic rings. The van der Waals surface area contributed by atoms with E-state index < -0.39 is 11.8 Å². The Morgan fingerprint density at radius 2 is 1.94 bits per heavy atom. The quantitative estimate of drug-likeness (QED) is 0.467. The van der Waals surface area contributed by atoms with Gasteiger partial charge in [-0.2, -0.15) is 0 Å². The molecule has 1 spiro atoms. The third-order valence-corrected chi connectivity index (χ3v) is 3.61. The number of rotatable bonds is 2. The molecule has 1 aromatic carbocycles. The van der Waals surface area contributed by atoms with Gasteiger partial charge in [-0.15, -0.1) is 0 Å². The summed E-state index contributed by atoms with van der Waals surface area (Å²) in [5, 5.41) is 4.24. The molecule has 0 saturated carbocycles. The normalized spacial score (nSPS) is 24.8. The van der Waals surface area contributed by atoms with E-state index in [2.05, 4.69) is 10.0 Å². The molecule has 1 aliphatic heterocycles. The Hall–Kier alpha value is -1.52. The van der Waals surface area contributed by atoms with Gasteiger partial charge in [0.25, 0.3) is 0 Å². The third-order valence-electron chi connectivity index (χ3n) is 3.14. The Labute approximate surface area is 109 Å². The van der Waals surface area contributed by atoms with Crippen molar-refractivity contribution in [2.45, 2.75) is 11.8 Å². The summed E-state index contributed by atoms with van der Waals surface area (Å²) in [5.41, 5.74) is 10.4. The van der Waals surface area contributed by atoms with E-state index in [4.69, 9.17) is 26.6 Å². The molecule has 6 heteroatoms. The van der Waals surface area contributed by atoms with Crippen molar-refractivity contribution in [1.82, 2.24) is 0 Å². The molecule has 18 heavy (non-hydrogen) atoms. The van der Waals surface area contributed by atoms with Crippen molar-refractivity contribution in [1.29, 1.82) is 0 Å². The van der Waals surface area contributed by atoms with Gasteiger partial charge in [-0.05, 0) is 16.7 Å². The van der Waals surface area contributed by atoms with E-state index in [0.717, 1.165) is 11.1 Å². The Kier molecular flexibility index (Phi) is 2.76. The summed E-state index contributed by atoms with van der Waals surface area (Å²) in [5.74, 6) is -1.06. The third kappa shape index (κ3) is 1.46. The van der Waals surface area contributed by atoms with Crippen LogP contribution in [0.4, 0.5) is 0 Å². The maximum atomic E-state index is 8.68. The lowest BCUT2D eigenvalue weighted by Gasteiger charge is -2.43. The number of ether oxygens (including phenoxy) is 2. The summed E-state index contributed by atoms with van der Waals surface area (Å²) >= 11 is 6.29. The van der Waals surface area contributed by atoms with E-state index >= 15 is 0 Å². The molecule has 5 nitrogen and oxygen atoms in total. The summed E-state index contributed by atoms with van der Waals surface area (Å²) in [7, 11) is 0. The highest BCUT2D eigenvalue weighted by atomic mass is 35.5. The van der Waals surface area contributed by atoms with E-state index in [-0.39, 0.29) is 0 Å². The largest absolute Gasteiger partial charge is 0.342 e. The van der Waals surface area contributed by atoms with E-state index in [9.17, 15) is 0 Å². The summed E-state index contributed by atoms with van der Waals surface area (Å²) in [6.07, 6.45) is 0. The number of benzene rings is 1. The molecule has 0 amide bonds. The molecular formula is C12H10ClN3O2. The van der Waals surface area contributed by atoms with Crippen molar-refractivity contribution in [2.75, 3.05) is 13.2 Å². The zero-order chi connectivity index (χ0) is 12.6. The lowest BCUT2D eigenvalue weighted by Crippen LogP contribution is -2.51. The van der Waals surface area contributed by atoms with Crippen molar-refractivity contribution in [3.8, 4) is 0 Å². The van der Waals surface area contributed by atoms with Crippen LogP contribution in [0.2, 0.25) is 0 Å². The van der Waals surface area contributed by atoms with Crippen LogP contribution >= 0.6 is 11.6 Å². The van der Waals surface area contributed by atoms with Crippen LogP contribution in [0.15, 0.2) is 40.5 Å². The van der Waals surface area contributed by atoms with Crippen LogP contribution in [0.5, 0.6) is 0 Å². The lowest BCUT2D eigenvalue weighted by molar-refractivity contribution is -0.137. The van der Waals surface area contributed by atoms with E-state index in [1.165, 1.54) is 0 Å². The van der Waals surface area contributed by atoms with Crippen LogP contribution in [0, 0.1) is 0 Å². The maximum absolute atomic E-state index is 8.68. The van der Waals surface area contributed by atoms with E-state index in [0.29, 0.717) is 18.2 Å². The molecule has 92 valence electrons. The van der Waals surface area contributed by atoms with Crippen LogP contribution in [0.1, 0.15) is 5.56 Å². The SMILES string of the molecule is [N-]=[N+]=NC1C(c2ccccc2)=C(Cl)C12OCCO2. The van der Waals surface area contributed by atoms with Gasteiger partial charge in [0, 0.05) is 4.91 Å². The Morgan fingerprint density at radius 3 is 2.56 bits per heavy atom. The first-order valence-electron chi connectivity index (χ1n) is 5.57. The molecule has 1 atom stereocenters. The molecule has 0 aromatic heterocycles. The molecule has 1 heterocycles. The standard InChI is InChI=1S/C12H10ClN3O2/c13-10-9(8-4-2-1-3-5-8)11(15-16-14)12(10)17-6-7-18-12/h1-5,11H,6-7H2. The van der Waals surface area contributed by atoms with Gasteiger partial charge in [-0.25, -0.2) is 0 Å². The number of azide groups is 1. The highest BCUT2D eigenvalue weighted by Crippen LogP contribution is 2.53. The monoisotopic (exact) mass is 263 g/mol. The molecular weight excluding hydrogens is 254 g/mol. The second-order valence-electron chi connectivity index (χ2n) is 4.07. The molecule has 0 radical (unpaired) electrons. The fraction of sp³-hybridized carbons (Fsp3) is 0.333. The van der Waals surface area contributed by atoms with Crippen molar-refractivity contribution in [2.24, 2.45) is 5.11 Å². The first-order chi connectivity index (χ1) is 8.79. The zero-order valence-corrected chi connectivity index (χ0v) is 10.2. The lowest BCUT2D eigenvalue weighted by atomic mass is 9.81.